The van der Waals surface area contributed by atoms with Crippen LogP contribution in [0.1, 0.15) is 23.7 Å². The number of hydrogen-bond donors (Lipinski definition) is 2. The summed E-state index contributed by atoms with van der Waals surface area (Å²) < 4.78 is 5.57. The van der Waals surface area contributed by atoms with E-state index >= 15 is 0 Å². The summed E-state index contributed by atoms with van der Waals surface area (Å²) in [4.78, 5) is 14.1. The third-order valence-electron chi connectivity index (χ3n) is 3.26. The van der Waals surface area contributed by atoms with Crippen molar-refractivity contribution < 1.29 is 14.6 Å². The first-order valence-electron chi connectivity index (χ1n) is 7.12. The van der Waals surface area contributed by atoms with Crippen molar-refractivity contribution in [2.24, 2.45) is 0 Å². The maximum absolute atomic E-state index is 12.4. The summed E-state index contributed by atoms with van der Waals surface area (Å²) in [6.45, 7) is 4.73. The maximum Gasteiger partial charge on any atom is 0.257 e. The highest BCUT2D eigenvalue weighted by molar-refractivity contribution is 5.97. The van der Waals surface area contributed by atoms with Crippen LogP contribution in [0.3, 0.4) is 0 Å². The number of β-amino-alcohol motifs (C(OH)–C–C–N with tert-alkyl or cyclic N) is 1. The van der Waals surface area contributed by atoms with Gasteiger partial charge in [0.2, 0.25) is 0 Å². The Morgan fingerprint density at radius 2 is 2.25 bits per heavy atom. The normalized spacial score (nSPS) is 16.3. The van der Waals surface area contributed by atoms with Gasteiger partial charge in [0, 0.05) is 13.1 Å². The van der Waals surface area contributed by atoms with Crippen molar-refractivity contribution in [1.29, 1.82) is 0 Å². The van der Waals surface area contributed by atoms with Gasteiger partial charge in [-0.1, -0.05) is 19.1 Å². The number of nitrogens with zero attached hydrogens (tertiary/aromatic N) is 1. The molecule has 1 aliphatic heterocycles. The maximum atomic E-state index is 12.4. The van der Waals surface area contributed by atoms with Crippen LogP contribution in [0.2, 0.25) is 0 Å². The van der Waals surface area contributed by atoms with Crippen LogP contribution in [0.15, 0.2) is 24.3 Å². The lowest BCUT2D eigenvalue weighted by Gasteiger charge is -2.23. The number of benzene rings is 1. The first kappa shape index (κ1) is 14.8. The van der Waals surface area contributed by atoms with E-state index < -0.39 is 6.10 Å². The lowest BCUT2D eigenvalue weighted by Crippen LogP contribution is -2.42. The summed E-state index contributed by atoms with van der Waals surface area (Å²) >= 11 is 0. The number of hydrogen-bond acceptors (Lipinski definition) is 4. The monoisotopic (exact) mass is 278 g/mol. The molecule has 1 aromatic rings. The molecule has 5 heteroatoms. The number of fused-ring (bicyclic) bond motifs is 1. The summed E-state index contributed by atoms with van der Waals surface area (Å²) in [7, 11) is 0. The molecule has 5 nitrogen and oxygen atoms in total. The molecule has 0 saturated carbocycles. The molecule has 1 amide bonds. The van der Waals surface area contributed by atoms with Crippen molar-refractivity contribution in [3.63, 3.8) is 0 Å². The third kappa shape index (κ3) is 3.71. The van der Waals surface area contributed by atoms with Crippen molar-refractivity contribution in [1.82, 2.24) is 10.2 Å². The predicted molar refractivity (Wildman–Crippen MR) is 77.0 cm³/mol. The van der Waals surface area contributed by atoms with E-state index in [-0.39, 0.29) is 5.91 Å². The molecule has 2 rings (SSSR count). The van der Waals surface area contributed by atoms with Gasteiger partial charge in [0.15, 0.2) is 0 Å². The SMILES string of the molecule is CCCNCC(O)CN1CCOc2ccccc2C1=O. The number of aliphatic hydroxyl groups excluding tert-OH is 1. The van der Waals surface area contributed by atoms with Gasteiger partial charge in [-0.05, 0) is 25.1 Å². The molecule has 0 spiro atoms. The van der Waals surface area contributed by atoms with Gasteiger partial charge in [-0.25, -0.2) is 0 Å². The highest BCUT2D eigenvalue weighted by atomic mass is 16.5. The number of carbonyl (C=O) groups excluding carboxylic acids is 1. The molecule has 2 N–H and O–H groups in total. The fourth-order valence-corrected chi connectivity index (χ4v) is 2.25. The van der Waals surface area contributed by atoms with Gasteiger partial charge in [0.25, 0.3) is 5.91 Å². The Balaban J connectivity index is 1.97. The van der Waals surface area contributed by atoms with Crippen molar-refractivity contribution in [3.8, 4) is 5.75 Å². The van der Waals surface area contributed by atoms with Crippen LogP contribution in [-0.4, -0.2) is 54.8 Å². The minimum atomic E-state index is -0.559. The van der Waals surface area contributed by atoms with Crippen LogP contribution in [-0.2, 0) is 0 Å². The van der Waals surface area contributed by atoms with E-state index in [4.69, 9.17) is 4.74 Å². The first-order chi connectivity index (χ1) is 9.72. The zero-order chi connectivity index (χ0) is 14.4. The zero-order valence-corrected chi connectivity index (χ0v) is 11.8. The predicted octanol–water partition coefficient (Wildman–Crippen LogP) is 0.882. The minimum Gasteiger partial charge on any atom is -0.491 e. The summed E-state index contributed by atoms with van der Waals surface area (Å²) in [5.74, 6) is 0.547. The molecule has 0 aliphatic carbocycles. The minimum absolute atomic E-state index is 0.0763. The number of carbonyl (C=O) groups is 1. The molecule has 110 valence electrons. The number of aliphatic hydroxyl groups is 1. The Morgan fingerprint density at radius 1 is 1.45 bits per heavy atom. The average Bonchev–Trinajstić information content (AvgIpc) is 2.60. The lowest BCUT2D eigenvalue weighted by molar-refractivity contribution is 0.0618. The second kappa shape index (κ2) is 7.26. The number of amides is 1. The van der Waals surface area contributed by atoms with E-state index in [1.54, 1.807) is 17.0 Å². The Bertz CT molecular complexity index is 450. The molecule has 1 heterocycles. The molecule has 0 radical (unpaired) electrons. The fraction of sp³-hybridized carbons (Fsp3) is 0.533. The molecule has 0 aromatic heterocycles. The van der Waals surface area contributed by atoms with E-state index in [1.807, 2.05) is 12.1 Å². The number of nitrogens with one attached hydrogen (secondary N) is 1. The van der Waals surface area contributed by atoms with Gasteiger partial charge in [-0.2, -0.15) is 0 Å². The van der Waals surface area contributed by atoms with E-state index in [0.29, 0.717) is 37.6 Å². The summed E-state index contributed by atoms with van der Waals surface area (Å²) in [5, 5.41) is 13.1. The largest absolute Gasteiger partial charge is 0.491 e. The number of ether oxygens (including phenoxy) is 1. The molecular formula is C15H22N2O3. The molecule has 20 heavy (non-hydrogen) atoms. The standard InChI is InChI=1S/C15H22N2O3/c1-2-7-16-10-12(18)11-17-8-9-20-14-6-4-3-5-13(14)15(17)19/h3-6,12,16,18H,2,7-11H2,1H3. The summed E-state index contributed by atoms with van der Waals surface area (Å²) in [6.07, 6.45) is 0.465. The number of para-hydroxylation sites is 1. The van der Waals surface area contributed by atoms with Gasteiger partial charge in [-0.3, -0.25) is 4.79 Å². The van der Waals surface area contributed by atoms with Gasteiger partial charge in [0.1, 0.15) is 12.4 Å². The Kier molecular flexibility index (Phi) is 5.38. The molecule has 1 aromatic carbocycles. The number of rotatable bonds is 6. The molecule has 0 fully saturated rings. The Morgan fingerprint density at radius 3 is 3.05 bits per heavy atom. The van der Waals surface area contributed by atoms with Crippen molar-refractivity contribution in [2.45, 2.75) is 19.4 Å². The quantitative estimate of drug-likeness (QED) is 0.758. The topological polar surface area (TPSA) is 61.8 Å². The summed E-state index contributed by atoms with van der Waals surface area (Å²) in [5.41, 5.74) is 0.568. The highest BCUT2D eigenvalue weighted by Crippen LogP contribution is 2.22. The van der Waals surface area contributed by atoms with Crippen molar-refractivity contribution in [2.75, 3.05) is 32.8 Å². The van der Waals surface area contributed by atoms with Crippen molar-refractivity contribution in [3.05, 3.63) is 29.8 Å². The molecule has 1 unspecified atom stereocenters. The van der Waals surface area contributed by atoms with Gasteiger partial charge < -0.3 is 20.1 Å². The third-order valence-corrected chi connectivity index (χ3v) is 3.26. The fourth-order valence-electron chi connectivity index (χ4n) is 2.25. The highest BCUT2D eigenvalue weighted by Gasteiger charge is 2.24. The van der Waals surface area contributed by atoms with E-state index in [1.165, 1.54) is 0 Å². The van der Waals surface area contributed by atoms with Crippen LogP contribution in [0.5, 0.6) is 5.75 Å². The zero-order valence-electron chi connectivity index (χ0n) is 11.8. The van der Waals surface area contributed by atoms with Gasteiger partial charge >= 0.3 is 0 Å². The molecule has 1 atom stereocenters. The van der Waals surface area contributed by atoms with Crippen LogP contribution < -0.4 is 10.1 Å². The van der Waals surface area contributed by atoms with Gasteiger partial charge in [-0.15, -0.1) is 0 Å². The molecule has 0 bridgehead atoms. The Hall–Kier alpha value is -1.59. The second-order valence-electron chi connectivity index (χ2n) is 4.95. The van der Waals surface area contributed by atoms with Crippen molar-refractivity contribution >= 4 is 5.91 Å². The molecule has 0 saturated heterocycles. The molecule has 1 aliphatic rings. The lowest BCUT2D eigenvalue weighted by atomic mass is 10.1. The van der Waals surface area contributed by atoms with Crippen LogP contribution in [0.4, 0.5) is 0 Å². The molecular weight excluding hydrogens is 256 g/mol. The van der Waals surface area contributed by atoms with Crippen LogP contribution >= 0.6 is 0 Å². The summed E-state index contributed by atoms with van der Waals surface area (Å²) in [6, 6.07) is 7.24. The van der Waals surface area contributed by atoms with Crippen LogP contribution in [0, 0.1) is 0 Å². The van der Waals surface area contributed by atoms with Gasteiger partial charge in [0.05, 0.1) is 18.2 Å². The van der Waals surface area contributed by atoms with E-state index in [2.05, 4.69) is 12.2 Å². The van der Waals surface area contributed by atoms with E-state index in [0.717, 1.165) is 13.0 Å². The van der Waals surface area contributed by atoms with Crippen LogP contribution in [0.25, 0.3) is 0 Å². The van der Waals surface area contributed by atoms with E-state index in [9.17, 15) is 9.90 Å². The second-order valence-corrected chi connectivity index (χ2v) is 4.95. The smallest absolute Gasteiger partial charge is 0.257 e. The Labute approximate surface area is 119 Å². The average molecular weight is 278 g/mol. The first-order valence-corrected chi connectivity index (χ1v) is 7.12.